The van der Waals surface area contributed by atoms with Crippen LogP contribution >= 0.6 is 0 Å². The maximum absolute atomic E-state index is 17.6. The van der Waals surface area contributed by atoms with Gasteiger partial charge in [0.05, 0.1) is 34.3 Å². The predicted octanol–water partition coefficient (Wildman–Crippen LogP) is 11.5. The van der Waals surface area contributed by atoms with Gasteiger partial charge in [-0.2, -0.15) is 19.9 Å². The first-order chi connectivity index (χ1) is 40.5. The number of aromatic amines is 1. The Kier molecular flexibility index (Phi) is 12.4. The van der Waals surface area contributed by atoms with Crippen LogP contribution in [0.4, 0.5) is 29.2 Å². The molecule has 4 aromatic carbocycles. The van der Waals surface area contributed by atoms with Gasteiger partial charge < -0.3 is 30.2 Å². The van der Waals surface area contributed by atoms with Gasteiger partial charge in [-0.25, -0.2) is 27.5 Å². The highest BCUT2D eigenvalue weighted by molar-refractivity contribution is 6.02. The summed E-state index contributed by atoms with van der Waals surface area (Å²) in [7, 11) is 0. The molecule has 420 valence electrons. The van der Waals surface area contributed by atoms with Gasteiger partial charge in [0, 0.05) is 64.2 Å². The van der Waals surface area contributed by atoms with Crippen LogP contribution in [-0.2, 0) is 11.3 Å². The lowest BCUT2D eigenvalue weighted by Crippen LogP contribution is -2.44. The van der Waals surface area contributed by atoms with Crippen LogP contribution in [0.2, 0.25) is 0 Å². The fraction of sp³-hybridized carbons (Fsp3) is 0.339. The van der Waals surface area contributed by atoms with Crippen LogP contribution in [0.25, 0.3) is 76.9 Å². The second-order valence-electron chi connectivity index (χ2n) is 22.9. The fourth-order valence-electron chi connectivity index (χ4n) is 14.1. The molecule has 0 amide bonds. The maximum Gasteiger partial charge on any atom is 0.319 e. The first-order valence-electron chi connectivity index (χ1n) is 28.4. The molecular formula is C62H55F4N13O4. The van der Waals surface area contributed by atoms with Gasteiger partial charge in [-0.05, 0) is 118 Å². The van der Waals surface area contributed by atoms with E-state index in [1.54, 1.807) is 54.9 Å². The van der Waals surface area contributed by atoms with Crippen molar-refractivity contribution in [1.82, 2.24) is 54.7 Å². The molecule has 6 aromatic heterocycles. The number of carboxylic acid groups (broad SMARTS) is 1. The van der Waals surface area contributed by atoms with Crippen LogP contribution in [0.3, 0.4) is 0 Å². The second kappa shape index (κ2) is 20.0. The summed E-state index contributed by atoms with van der Waals surface area (Å²) in [5.74, 6) is -2.98. The van der Waals surface area contributed by atoms with Gasteiger partial charge in [-0.3, -0.25) is 24.6 Å². The van der Waals surface area contributed by atoms with Crippen molar-refractivity contribution in [3.63, 3.8) is 0 Å². The second-order valence-corrected chi connectivity index (χ2v) is 22.9. The Morgan fingerprint density at radius 3 is 2.06 bits per heavy atom. The Hall–Kier alpha value is -8.69. The van der Waals surface area contributed by atoms with Crippen molar-refractivity contribution in [2.75, 3.05) is 43.5 Å². The third-order valence-electron chi connectivity index (χ3n) is 18.3. The number of aromatic nitrogens is 9. The lowest BCUT2D eigenvalue weighted by Gasteiger charge is -2.35. The van der Waals surface area contributed by atoms with Gasteiger partial charge >= 0.3 is 18.0 Å². The van der Waals surface area contributed by atoms with Crippen LogP contribution in [0.5, 0.6) is 12.0 Å². The Balaban J connectivity index is 0.747. The smallest absolute Gasteiger partial charge is 0.319 e. The molecule has 10 heterocycles. The first-order valence-corrected chi connectivity index (χ1v) is 28.4. The van der Waals surface area contributed by atoms with Crippen LogP contribution in [0, 0.1) is 29.2 Å². The number of carbonyl (C=O) groups is 1. The average molecular weight is 1120 g/mol. The van der Waals surface area contributed by atoms with Crippen molar-refractivity contribution < 1.29 is 36.9 Å². The van der Waals surface area contributed by atoms with Gasteiger partial charge in [-0.1, -0.05) is 54.6 Å². The minimum absolute atomic E-state index is 0.0116. The van der Waals surface area contributed by atoms with Crippen molar-refractivity contribution >= 4 is 72.0 Å². The van der Waals surface area contributed by atoms with E-state index in [4.69, 9.17) is 24.4 Å². The minimum atomic E-state index is -0.887. The molecular weight excluding hydrogens is 1070 g/mol. The number of carboxylic acids is 1. The maximum atomic E-state index is 17.6. The van der Waals surface area contributed by atoms with Gasteiger partial charge in [-0.15, -0.1) is 0 Å². The summed E-state index contributed by atoms with van der Waals surface area (Å²) in [6.07, 6.45) is 14.3. The zero-order chi connectivity index (χ0) is 56.1. The number of pyridine rings is 2. The third kappa shape index (κ3) is 8.67. The van der Waals surface area contributed by atoms with Crippen molar-refractivity contribution in [3.8, 4) is 34.5 Å². The molecule has 1 saturated carbocycles. The Bertz CT molecular complexity index is 4260. The summed E-state index contributed by atoms with van der Waals surface area (Å²) in [6, 6.07) is 19.7. The number of ether oxygens (including phenoxy) is 2. The fourth-order valence-corrected chi connectivity index (χ4v) is 14.1. The van der Waals surface area contributed by atoms with E-state index >= 15 is 17.6 Å². The lowest BCUT2D eigenvalue weighted by atomic mass is 9.80. The highest BCUT2D eigenvalue weighted by Crippen LogP contribution is 2.51. The molecule has 83 heavy (non-hydrogen) atoms. The van der Waals surface area contributed by atoms with E-state index in [9.17, 15) is 9.90 Å². The number of aliphatic carboxylic acids is 1. The molecule has 21 heteroatoms. The Morgan fingerprint density at radius 1 is 0.663 bits per heavy atom. The number of hydrogen-bond acceptors (Lipinski definition) is 15. The van der Waals surface area contributed by atoms with Crippen LogP contribution in [0.15, 0.2) is 97.6 Å². The van der Waals surface area contributed by atoms with E-state index in [2.05, 4.69) is 50.3 Å². The van der Waals surface area contributed by atoms with E-state index < -0.39 is 40.7 Å². The first kappa shape index (κ1) is 51.2. The summed E-state index contributed by atoms with van der Waals surface area (Å²) in [6.45, 7) is 3.38. The number of anilines is 2. The number of rotatable bonds is 15. The van der Waals surface area contributed by atoms with Crippen molar-refractivity contribution in [3.05, 3.63) is 132 Å². The Labute approximate surface area is 471 Å². The Morgan fingerprint density at radius 2 is 1.31 bits per heavy atom. The molecule has 4 aliphatic heterocycles. The van der Waals surface area contributed by atoms with E-state index in [0.29, 0.717) is 66.5 Å². The molecule has 2 unspecified atom stereocenters. The summed E-state index contributed by atoms with van der Waals surface area (Å²) in [5.41, 5.74) is 1.15. The molecule has 4 N–H and O–H groups in total. The number of benzene rings is 4. The van der Waals surface area contributed by atoms with E-state index in [-0.39, 0.29) is 104 Å². The molecule has 0 radical (unpaired) electrons. The van der Waals surface area contributed by atoms with Gasteiger partial charge in [0.1, 0.15) is 70.4 Å². The predicted molar refractivity (Wildman–Crippen MR) is 304 cm³/mol. The van der Waals surface area contributed by atoms with E-state index in [1.165, 1.54) is 24.5 Å². The van der Waals surface area contributed by atoms with Gasteiger partial charge in [0.2, 0.25) is 0 Å². The van der Waals surface area contributed by atoms with Crippen molar-refractivity contribution in [2.24, 2.45) is 5.92 Å². The molecule has 4 saturated heterocycles. The molecule has 1 aliphatic carbocycles. The van der Waals surface area contributed by atoms with Gasteiger partial charge in [0.15, 0.2) is 11.6 Å². The number of nitrogens with one attached hydrogen (secondary N) is 3. The molecule has 10 aromatic rings. The zero-order valence-electron chi connectivity index (χ0n) is 44.9. The molecule has 0 spiro atoms. The monoisotopic (exact) mass is 1120 g/mol. The number of fused-ring (bicyclic) bond motifs is 7. The molecule has 5 aliphatic rings. The molecule has 15 rings (SSSR count). The highest BCUT2D eigenvalue weighted by atomic mass is 19.1. The average Bonchev–Trinajstić information content (AvgIpc) is 3.23. The summed E-state index contributed by atoms with van der Waals surface area (Å²) in [4.78, 5) is 56.9. The minimum Gasteiger partial charge on any atom is -0.481 e. The van der Waals surface area contributed by atoms with Gasteiger partial charge in [0.25, 0.3) is 0 Å². The standard InChI is InChI=1S/C62H55F4N13O4/c63-43-12-2-8-33-7-1-10-39(47(33)43)51-49(65)54-42(29-70-51)57(72-36-25-35(26-36)58(80)81)77-60(75-54)83-32-62-19-6-24-79(62)45(15-20-62)37-13-14-44(64)48-38(37)9-3-11-40(48)52-50(66)53-41(28-69-52)56(71-30-46-68-27-34-16-21-67-55(34)73-46)76-59(74-53)82-31-61-17-4-22-78(61)23-5-18-61/h1-3,7-14,16,21,27-29,35-36,45H,4-6,15,17-20,22-26,30-32H2,(H,80,81)(H,67,68,73)(H,71,74,76)(H,72,75,77). The molecule has 2 atom stereocenters. The van der Waals surface area contributed by atoms with E-state index in [1.807, 2.05) is 18.2 Å². The van der Waals surface area contributed by atoms with E-state index in [0.717, 1.165) is 62.6 Å². The molecule has 0 bridgehead atoms. The number of H-pyrrole nitrogens is 1. The number of nitrogens with zero attached hydrogens (tertiary/aromatic N) is 10. The quantitative estimate of drug-likeness (QED) is 0.0705. The van der Waals surface area contributed by atoms with Crippen molar-refractivity contribution in [2.45, 2.75) is 93.9 Å². The molecule has 17 nitrogen and oxygen atoms in total. The number of hydrogen-bond donors (Lipinski definition) is 4. The van der Waals surface area contributed by atoms with Crippen LogP contribution in [0.1, 0.15) is 81.6 Å². The summed E-state index contributed by atoms with van der Waals surface area (Å²) >= 11 is 0. The van der Waals surface area contributed by atoms with Crippen molar-refractivity contribution in [1.29, 1.82) is 0 Å². The third-order valence-corrected chi connectivity index (χ3v) is 18.3. The number of halogens is 4. The molecule has 5 fully saturated rings. The summed E-state index contributed by atoms with van der Waals surface area (Å²) < 4.78 is 79.8. The highest BCUT2D eigenvalue weighted by Gasteiger charge is 2.51. The largest absolute Gasteiger partial charge is 0.481 e. The SMILES string of the molecule is O=C(O)C1CC(Nc2nc(OCC34CCCN3C(c3ccc(F)c5c(-c6ncc7c(NCc8ncc9cc[nH]c9n8)nc(OCC89CCCN8CCC9)nc7c6F)cccc35)CC4)nc3c(F)c(-c4cccc5cccc(F)c45)ncc23)C1. The van der Waals surface area contributed by atoms with Crippen LogP contribution < -0.4 is 20.1 Å². The normalized spacial score (nSPS) is 21.3. The summed E-state index contributed by atoms with van der Waals surface area (Å²) in [5, 5.41) is 19.3. The lowest BCUT2D eigenvalue weighted by molar-refractivity contribution is -0.144. The topological polar surface area (TPSA) is 205 Å². The van der Waals surface area contributed by atoms with Crippen LogP contribution in [-0.4, -0.2) is 116 Å². The zero-order valence-corrected chi connectivity index (χ0v) is 44.9.